The largest absolute Gasteiger partial charge is 0.494 e. The number of fused-ring (bicyclic) bond motifs is 1. The Labute approximate surface area is 201 Å². The Hall–Kier alpha value is -3.65. The monoisotopic (exact) mass is 478 g/mol. The lowest BCUT2D eigenvalue weighted by atomic mass is 10.0. The third kappa shape index (κ3) is 5.46. The SMILES string of the molecule is CCOc1ccc(OCCC(=O)OCc2nc3sc(C)c(-c4ccc(C)cc4)c3c(=O)[nH]2)cc1. The van der Waals surface area contributed by atoms with E-state index in [9.17, 15) is 9.59 Å². The Kier molecular flexibility index (Phi) is 7.27. The quantitative estimate of drug-likeness (QED) is 0.333. The van der Waals surface area contributed by atoms with Crippen molar-refractivity contribution >= 4 is 27.5 Å². The van der Waals surface area contributed by atoms with Crippen LogP contribution in [0.25, 0.3) is 21.3 Å². The van der Waals surface area contributed by atoms with Crippen molar-refractivity contribution in [2.45, 2.75) is 33.8 Å². The fourth-order valence-corrected chi connectivity index (χ4v) is 4.64. The zero-order valence-electron chi connectivity index (χ0n) is 19.3. The Balaban J connectivity index is 1.36. The number of carbonyl (C=O) groups excluding carboxylic acids is 1. The lowest BCUT2D eigenvalue weighted by molar-refractivity contribution is -0.145. The molecule has 0 saturated heterocycles. The molecule has 0 fully saturated rings. The van der Waals surface area contributed by atoms with Crippen LogP contribution >= 0.6 is 11.3 Å². The Morgan fingerprint density at radius 1 is 1.00 bits per heavy atom. The summed E-state index contributed by atoms with van der Waals surface area (Å²) in [6.07, 6.45) is 0.0787. The van der Waals surface area contributed by atoms with Crippen molar-refractivity contribution in [3.05, 3.63) is 75.1 Å². The number of aryl methyl sites for hydroxylation is 2. The van der Waals surface area contributed by atoms with Gasteiger partial charge in [-0.2, -0.15) is 0 Å². The van der Waals surface area contributed by atoms with E-state index in [1.165, 1.54) is 11.3 Å². The van der Waals surface area contributed by atoms with Crippen LogP contribution in [-0.4, -0.2) is 29.2 Å². The topological polar surface area (TPSA) is 90.5 Å². The molecule has 2 aromatic heterocycles. The number of H-pyrrole nitrogens is 1. The molecule has 0 saturated carbocycles. The Morgan fingerprint density at radius 3 is 2.35 bits per heavy atom. The number of rotatable bonds is 9. The first kappa shape index (κ1) is 23.5. The van der Waals surface area contributed by atoms with Gasteiger partial charge in [0.1, 0.15) is 28.8 Å². The molecule has 0 bridgehead atoms. The average molecular weight is 479 g/mol. The molecule has 2 heterocycles. The molecule has 4 aromatic rings. The molecule has 2 aromatic carbocycles. The molecule has 0 atom stereocenters. The van der Waals surface area contributed by atoms with Gasteiger partial charge in [0.2, 0.25) is 0 Å². The maximum atomic E-state index is 12.9. The molecule has 0 spiro atoms. The zero-order valence-corrected chi connectivity index (χ0v) is 20.2. The number of carbonyl (C=O) groups is 1. The Morgan fingerprint density at radius 2 is 1.68 bits per heavy atom. The van der Waals surface area contributed by atoms with Gasteiger partial charge < -0.3 is 19.2 Å². The number of benzene rings is 2. The molecule has 0 aliphatic heterocycles. The van der Waals surface area contributed by atoms with Crippen LogP contribution in [0.15, 0.2) is 53.3 Å². The first-order valence-electron chi connectivity index (χ1n) is 11.0. The summed E-state index contributed by atoms with van der Waals surface area (Å²) in [5, 5.41) is 0.560. The second-order valence-electron chi connectivity index (χ2n) is 7.76. The first-order valence-corrected chi connectivity index (χ1v) is 11.9. The normalized spacial score (nSPS) is 10.9. The fourth-order valence-electron chi connectivity index (χ4n) is 3.57. The highest BCUT2D eigenvalue weighted by atomic mass is 32.1. The van der Waals surface area contributed by atoms with Crippen LogP contribution in [0.1, 0.15) is 29.6 Å². The van der Waals surface area contributed by atoms with Gasteiger partial charge in [0.25, 0.3) is 5.56 Å². The van der Waals surface area contributed by atoms with Crippen LogP contribution in [0.2, 0.25) is 0 Å². The lowest BCUT2D eigenvalue weighted by Crippen LogP contribution is -2.15. The van der Waals surface area contributed by atoms with Gasteiger partial charge in [0.05, 0.1) is 25.0 Å². The van der Waals surface area contributed by atoms with Crippen LogP contribution in [-0.2, 0) is 16.1 Å². The summed E-state index contributed by atoms with van der Waals surface area (Å²) in [5.74, 6) is 1.29. The standard InChI is InChI=1S/C26H26N2O5S/c1-4-31-19-9-11-20(12-10-19)32-14-13-22(29)33-15-21-27-25(30)24-23(17(3)34-26(24)28-21)18-7-5-16(2)6-8-18/h5-12H,4,13-15H2,1-3H3,(H,27,28,30). The summed E-state index contributed by atoms with van der Waals surface area (Å²) in [7, 11) is 0. The molecule has 34 heavy (non-hydrogen) atoms. The molecule has 8 heteroatoms. The number of ether oxygens (including phenoxy) is 3. The maximum Gasteiger partial charge on any atom is 0.309 e. The summed E-state index contributed by atoms with van der Waals surface area (Å²) in [6.45, 7) is 6.59. The molecular weight excluding hydrogens is 452 g/mol. The van der Waals surface area contributed by atoms with Gasteiger partial charge in [-0.05, 0) is 50.6 Å². The van der Waals surface area contributed by atoms with Gasteiger partial charge in [-0.3, -0.25) is 9.59 Å². The third-order valence-electron chi connectivity index (χ3n) is 5.21. The van der Waals surface area contributed by atoms with Gasteiger partial charge in [-0.15, -0.1) is 11.3 Å². The number of hydrogen-bond donors (Lipinski definition) is 1. The van der Waals surface area contributed by atoms with Gasteiger partial charge in [0.15, 0.2) is 0 Å². The lowest BCUT2D eigenvalue weighted by Gasteiger charge is -2.08. The number of aromatic amines is 1. The van der Waals surface area contributed by atoms with Gasteiger partial charge >= 0.3 is 5.97 Å². The van der Waals surface area contributed by atoms with E-state index in [2.05, 4.69) is 9.97 Å². The number of esters is 1. The highest BCUT2D eigenvalue weighted by Crippen LogP contribution is 2.35. The van der Waals surface area contributed by atoms with Crippen molar-refractivity contribution < 1.29 is 19.0 Å². The molecule has 0 radical (unpaired) electrons. The molecule has 0 aliphatic rings. The number of aromatic nitrogens is 2. The summed E-state index contributed by atoms with van der Waals surface area (Å²) >= 11 is 1.46. The third-order valence-corrected chi connectivity index (χ3v) is 6.21. The van der Waals surface area contributed by atoms with E-state index in [-0.39, 0.29) is 25.2 Å². The van der Waals surface area contributed by atoms with Crippen LogP contribution in [0.4, 0.5) is 0 Å². The van der Waals surface area contributed by atoms with Crippen molar-refractivity contribution in [3.8, 4) is 22.6 Å². The van der Waals surface area contributed by atoms with Crippen LogP contribution in [0.3, 0.4) is 0 Å². The molecule has 4 rings (SSSR count). The zero-order chi connectivity index (χ0) is 24.1. The predicted molar refractivity (Wildman–Crippen MR) is 133 cm³/mol. The average Bonchev–Trinajstić information content (AvgIpc) is 3.16. The fraction of sp³-hybridized carbons (Fsp3) is 0.269. The summed E-state index contributed by atoms with van der Waals surface area (Å²) in [6, 6.07) is 15.3. The van der Waals surface area contributed by atoms with E-state index in [0.717, 1.165) is 27.3 Å². The van der Waals surface area contributed by atoms with E-state index in [1.807, 2.05) is 57.2 Å². The molecule has 7 nitrogen and oxygen atoms in total. The van der Waals surface area contributed by atoms with Crippen molar-refractivity contribution in [1.29, 1.82) is 0 Å². The van der Waals surface area contributed by atoms with E-state index >= 15 is 0 Å². The minimum atomic E-state index is -0.434. The summed E-state index contributed by atoms with van der Waals surface area (Å²) in [4.78, 5) is 33.9. The second-order valence-corrected chi connectivity index (χ2v) is 8.96. The number of nitrogens with zero attached hydrogens (tertiary/aromatic N) is 1. The van der Waals surface area contributed by atoms with E-state index in [1.54, 1.807) is 12.1 Å². The van der Waals surface area contributed by atoms with Crippen LogP contribution in [0, 0.1) is 13.8 Å². The number of hydrogen-bond acceptors (Lipinski definition) is 7. The highest BCUT2D eigenvalue weighted by molar-refractivity contribution is 7.19. The summed E-state index contributed by atoms with van der Waals surface area (Å²) < 4.78 is 16.3. The smallest absolute Gasteiger partial charge is 0.309 e. The number of thiophene rings is 1. The molecule has 176 valence electrons. The second kappa shape index (κ2) is 10.5. The van der Waals surface area contributed by atoms with E-state index < -0.39 is 5.97 Å². The van der Waals surface area contributed by atoms with Gasteiger partial charge in [-0.1, -0.05) is 29.8 Å². The molecule has 0 aliphatic carbocycles. The minimum Gasteiger partial charge on any atom is -0.494 e. The van der Waals surface area contributed by atoms with Crippen molar-refractivity contribution in [2.24, 2.45) is 0 Å². The number of nitrogens with one attached hydrogen (secondary N) is 1. The first-order chi connectivity index (χ1) is 16.4. The molecular formula is C26H26N2O5S. The van der Waals surface area contributed by atoms with Crippen molar-refractivity contribution in [3.63, 3.8) is 0 Å². The molecule has 0 amide bonds. The van der Waals surface area contributed by atoms with E-state index in [4.69, 9.17) is 14.2 Å². The van der Waals surface area contributed by atoms with Crippen LogP contribution in [0.5, 0.6) is 11.5 Å². The van der Waals surface area contributed by atoms with Crippen molar-refractivity contribution in [1.82, 2.24) is 9.97 Å². The Bertz CT molecular complexity index is 1340. The van der Waals surface area contributed by atoms with Gasteiger partial charge in [0, 0.05) is 10.4 Å². The van der Waals surface area contributed by atoms with Gasteiger partial charge in [-0.25, -0.2) is 4.98 Å². The van der Waals surface area contributed by atoms with Crippen molar-refractivity contribution in [2.75, 3.05) is 13.2 Å². The predicted octanol–water partition coefficient (Wildman–Crippen LogP) is 5.18. The van der Waals surface area contributed by atoms with E-state index in [0.29, 0.717) is 28.4 Å². The van der Waals surface area contributed by atoms with Crippen LogP contribution < -0.4 is 15.0 Å². The highest BCUT2D eigenvalue weighted by Gasteiger charge is 2.17. The summed E-state index contributed by atoms with van der Waals surface area (Å²) in [5.41, 5.74) is 2.79. The maximum absolute atomic E-state index is 12.9. The molecule has 0 unspecified atom stereocenters. The molecule has 1 N–H and O–H groups in total. The minimum absolute atomic E-state index is 0.0787.